The third kappa shape index (κ3) is 5.78. The second kappa shape index (κ2) is 11.9. The number of rotatable bonds is 10. The zero-order valence-corrected chi connectivity index (χ0v) is 22.2. The molecule has 0 saturated carbocycles. The van der Waals surface area contributed by atoms with Gasteiger partial charge in [0.1, 0.15) is 0 Å². The average molecular weight is 505 g/mol. The van der Waals surface area contributed by atoms with Gasteiger partial charge in [-0.25, -0.2) is 0 Å². The fourth-order valence-corrected chi connectivity index (χ4v) is 5.15. The number of carbonyl (C=O) groups is 1. The summed E-state index contributed by atoms with van der Waals surface area (Å²) in [6.45, 7) is 3.47. The van der Waals surface area contributed by atoms with Gasteiger partial charge in [0.25, 0.3) is 0 Å². The second-order valence-corrected chi connectivity index (χ2v) is 9.21. The van der Waals surface area contributed by atoms with Gasteiger partial charge < -0.3 is 28.7 Å². The van der Waals surface area contributed by atoms with Gasteiger partial charge in [-0.05, 0) is 79.4 Å². The maximum absolute atomic E-state index is 12.9. The Labute approximate surface area is 214 Å². The Morgan fingerprint density at radius 3 is 2.09 bits per heavy atom. The van der Waals surface area contributed by atoms with Gasteiger partial charge in [0.2, 0.25) is 5.91 Å². The first kappa shape index (κ1) is 27.0. The molecule has 192 valence electrons. The van der Waals surface area contributed by atoms with Gasteiger partial charge in [0, 0.05) is 25.6 Å². The first-order chi connectivity index (χ1) is 16.5. The Balaban J connectivity index is 0.00000342. The molecule has 1 heterocycles. The fraction of sp³-hybridized carbons (Fsp3) is 0.519. The minimum absolute atomic E-state index is 0. The lowest BCUT2D eigenvalue weighted by molar-refractivity contribution is -0.130. The van der Waals surface area contributed by atoms with Crippen LogP contribution in [-0.2, 0) is 24.1 Å². The van der Waals surface area contributed by atoms with Crippen LogP contribution in [0.15, 0.2) is 24.3 Å². The van der Waals surface area contributed by atoms with E-state index in [4.69, 9.17) is 18.9 Å². The molecule has 1 amide bonds. The summed E-state index contributed by atoms with van der Waals surface area (Å²) in [6, 6.07) is 8.18. The number of amides is 1. The molecular formula is C27H37ClN2O5. The zero-order chi connectivity index (χ0) is 24.2. The molecule has 0 radical (unpaired) electrons. The van der Waals surface area contributed by atoms with Crippen molar-refractivity contribution in [3.8, 4) is 23.0 Å². The van der Waals surface area contributed by atoms with Crippen molar-refractivity contribution >= 4 is 18.3 Å². The number of hydrogen-bond donors (Lipinski definition) is 0. The molecule has 1 atom stereocenters. The highest BCUT2D eigenvalue weighted by molar-refractivity contribution is 5.85. The van der Waals surface area contributed by atoms with Gasteiger partial charge in [-0.2, -0.15) is 0 Å². The number of hydrogen-bond acceptors (Lipinski definition) is 6. The third-order valence-corrected chi connectivity index (χ3v) is 7.10. The van der Waals surface area contributed by atoms with Gasteiger partial charge in [0.05, 0.1) is 34.9 Å². The van der Waals surface area contributed by atoms with E-state index in [0.717, 1.165) is 68.3 Å². The van der Waals surface area contributed by atoms with E-state index in [1.165, 1.54) is 16.7 Å². The van der Waals surface area contributed by atoms with Crippen molar-refractivity contribution in [2.75, 3.05) is 61.7 Å². The van der Waals surface area contributed by atoms with Gasteiger partial charge in [0.15, 0.2) is 23.0 Å². The molecule has 8 heteroatoms. The standard InChI is InChI=1S/C27H36N2O5.ClH/c1-28(17-21-11-20-14-25(33-4)26(34-5)16-22(20)21)8-6-9-29-10-7-18-12-23(31-2)24(32-3)13-19(18)15-27(29)30;/h12-14,16,21H,6-11,15,17H2,1-5H3;1H. The van der Waals surface area contributed by atoms with Gasteiger partial charge in [-0.1, -0.05) is 0 Å². The summed E-state index contributed by atoms with van der Waals surface area (Å²) in [6.07, 6.45) is 3.27. The van der Waals surface area contributed by atoms with Crippen LogP contribution in [0.4, 0.5) is 0 Å². The van der Waals surface area contributed by atoms with Crippen molar-refractivity contribution in [2.24, 2.45) is 0 Å². The Kier molecular flexibility index (Phi) is 9.14. The molecule has 0 fully saturated rings. The van der Waals surface area contributed by atoms with Crippen LogP contribution in [0.25, 0.3) is 0 Å². The lowest BCUT2D eigenvalue weighted by atomic mass is 9.77. The minimum Gasteiger partial charge on any atom is -0.493 e. The number of methoxy groups -OCH3 is 4. The molecule has 1 aliphatic heterocycles. The number of ether oxygens (including phenoxy) is 4. The molecule has 1 unspecified atom stereocenters. The van der Waals surface area contributed by atoms with Crippen molar-refractivity contribution in [1.82, 2.24) is 9.80 Å². The van der Waals surface area contributed by atoms with E-state index in [1.807, 2.05) is 17.0 Å². The minimum atomic E-state index is 0. The van der Waals surface area contributed by atoms with Crippen molar-refractivity contribution in [1.29, 1.82) is 0 Å². The lowest BCUT2D eigenvalue weighted by Gasteiger charge is -2.34. The van der Waals surface area contributed by atoms with Crippen molar-refractivity contribution in [2.45, 2.75) is 31.6 Å². The first-order valence-corrected chi connectivity index (χ1v) is 11.9. The zero-order valence-electron chi connectivity index (χ0n) is 21.4. The van der Waals surface area contributed by atoms with E-state index in [9.17, 15) is 4.79 Å². The maximum atomic E-state index is 12.9. The lowest BCUT2D eigenvalue weighted by Crippen LogP contribution is -2.36. The molecule has 0 saturated heterocycles. The summed E-state index contributed by atoms with van der Waals surface area (Å²) in [7, 11) is 8.79. The molecule has 2 aromatic rings. The summed E-state index contributed by atoms with van der Waals surface area (Å²) >= 11 is 0. The van der Waals surface area contributed by atoms with E-state index >= 15 is 0 Å². The Bertz CT molecular complexity index is 1040. The quantitative estimate of drug-likeness (QED) is 0.491. The Morgan fingerprint density at radius 1 is 0.886 bits per heavy atom. The van der Waals surface area contributed by atoms with E-state index in [-0.39, 0.29) is 18.3 Å². The fourth-order valence-electron chi connectivity index (χ4n) is 5.15. The first-order valence-electron chi connectivity index (χ1n) is 11.9. The van der Waals surface area contributed by atoms with Crippen molar-refractivity contribution in [3.05, 3.63) is 46.5 Å². The molecule has 7 nitrogen and oxygen atoms in total. The largest absolute Gasteiger partial charge is 0.493 e. The Hall–Kier alpha value is -2.64. The highest BCUT2D eigenvalue weighted by atomic mass is 35.5. The highest BCUT2D eigenvalue weighted by Crippen LogP contribution is 2.42. The van der Waals surface area contributed by atoms with Crippen LogP contribution >= 0.6 is 12.4 Å². The van der Waals surface area contributed by atoms with Crippen LogP contribution < -0.4 is 18.9 Å². The van der Waals surface area contributed by atoms with Crippen molar-refractivity contribution in [3.63, 3.8) is 0 Å². The third-order valence-electron chi connectivity index (χ3n) is 7.10. The summed E-state index contributed by atoms with van der Waals surface area (Å²) in [5.74, 6) is 3.69. The monoisotopic (exact) mass is 504 g/mol. The van der Waals surface area contributed by atoms with Crippen LogP contribution in [0.3, 0.4) is 0 Å². The van der Waals surface area contributed by atoms with E-state index in [0.29, 0.717) is 18.1 Å². The molecular weight excluding hydrogens is 468 g/mol. The van der Waals surface area contributed by atoms with E-state index < -0.39 is 0 Å². The Morgan fingerprint density at radius 2 is 1.46 bits per heavy atom. The van der Waals surface area contributed by atoms with Crippen LogP contribution in [-0.4, -0.2) is 77.4 Å². The van der Waals surface area contributed by atoms with E-state index in [2.05, 4.69) is 24.1 Å². The van der Waals surface area contributed by atoms with Crippen LogP contribution in [0.5, 0.6) is 23.0 Å². The van der Waals surface area contributed by atoms with Gasteiger partial charge in [-0.3, -0.25) is 4.79 Å². The number of benzene rings is 2. The van der Waals surface area contributed by atoms with Crippen molar-refractivity contribution < 1.29 is 23.7 Å². The summed E-state index contributed by atoms with van der Waals surface area (Å²) in [5.41, 5.74) is 4.91. The van der Waals surface area contributed by atoms with Gasteiger partial charge >= 0.3 is 0 Å². The number of carbonyl (C=O) groups excluding carboxylic acids is 1. The SMILES string of the molecule is COc1cc2c(cc1OC)CC(=O)N(CCCN(C)CC1Cc3cc(OC)c(OC)cc31)CC2.Cl. The normalized spacial score (nSPS) is 16.5. The molecule has 4 rings (SSSR count). The number of nitrogens with zero attached hydrogens (tertiary/aromatic N) is 2. The molecule has 0 aromatic heterocycles. The summed E-state index contributed by atoms with van der Waals surface area (Å²) in [5, 5.41) is 0. The number of likely N-dealkylation sites (N-methyl/N-ethyl adjacent to an activating group) is 1. The number of fused-ring (bicyclic) bond motifs is 2. The van der Waals surface area contributed by atoms with Gasteiger partial charge in [-0.15, -0.1) is 12.4 Å². The molecule has 2 aliphatic rings. The smallest absolute Gasteiger partial charge is 0.227 e. The average Bonchev–Trinajstić information content (AvgIpc) is 2.98. The van der Waals surface area contributed by atoms with Crippen LogP contribution in [0, 0.1) is 0 Å². The van der Waals surface area contributed by atoms with Crippen LogP contribution in [0.2, 0.25) is 0 Å². The molecule has 0 bridgehead atoms. The van der Waals surface area contributed by atoms with Crippen LogP contribution in [0.1, 0.15) is 34.6 Å². The predicted molar refractivity (Wildman–Crippen MR) is 139 cm³/mol. The number of halogens is 1. The molecule has 1 aliphatic carbocycles. The highest BCUT2D eigenvalue weighted by Gasteiger charge is 2.29. The predicted octanol–water partition coefficient (Wildman–Crippen LogP) is 3.73. The molecule has 0 spiro atoms. The maximum Gasteiger partial charge on any atom is 0.227 e. The summed E-state index contributed by atoms with van der Waals surface area (Å²) < 4.78 is 21.7. The molecule has 2 aromatic carbocycles. The molecule has 35 heavy (non-hydrogen) atoms. The second-order valence-electron chi connectivity index (χ2n) is 9.21. The topological polar surface area (TPSA) is 60.5 Å². The summed E-state index contributed by atoms with van der Waals surface area (Å²) in [4.78, 5) is 17.3. The molecule has 0 N–H and O–H groups in total. The van der Waals surface area contributed by atoms with E-state index in [1.54, 1.807) is 28.4 Å².